The molecule has 1 unspecified atom stereocenters. The molecule has 0 radical (unpaired) electrons. The van der Waals surface area contributed by atoms with Gasteiger partial charge in [0.15, 0.2) is 0 Å². The van der Waals surface area contributed by atoms with Crippen LogP contribution in [0, 0.1) is 0 Å². The van der Waals surface area contributed by atoms with Gasteiger partial charge in [0, 0.05) is 24.2 Å². The first-order chi connectivity index (χ1) is 12.0. The molecule has 1 atom stereocenters. The van der Waals surface area contributed by atoms with Gasteiger partial charge in [-0.3, -0.25) is 9.59 Å². The van der Waals surface area contributed by atoms with E-state index < -0.39 is 5.91 Å². The molecule has 3 rings (SSSR count). The van der Waals surface area contributed by atoms with Crippen molar-refractivity contribution >= 4 is 11.8 Å². The Morgan fingerprint density at radius 1 is 1.04 bits per heavy atom. The van der Waals surface area contributed by atoms with Crippen molar-refractivity contribution in [3.05, 3.63) is 59.7 Å². The Morgan fingerprint density at radius 2 is 1.60 bits per heavy atom. The lowest BCUT2D eigenvalue weighted by Crippen LogP contribution is -2.44. The molecule has 0 aliphatic carbocycles. The van der Waals surface area contributed by atoms with Crippen LogP contribution in [0.1, 0.15) is 27.6 Å². The molecular weight excluding hydrogens is 320 g/mol. The van der Waals surface area contributed by atoms with Gasteiger partial charge in [0.05, 0.1) is 12.7 Å². The average Bonchev–Trinajstić information content (AvgIpc) is 2.62. The third-order valence-electron chi connectivity index (χ3n) is 4.00. The first-order valence-electron chi connectivity index (χ1n) is 8.11. The molecule has 1 aliphatic rings. The highest BCUT2D eigenvalue weighted by Crippen LogP contribution is 2.22. The van der Waals surface area contributed by atoms with Crippen LogP contribution >= 0.6 is 0 Å². The lowest BCUT2D eigenvalue weighted by molar-refractivity contribution is -0.0124. The number of rotatable bonds is 4. The van der Waals surface area contributed by atoms with Crippen LogP contribution < -0.4 is 10.5 Å². The number of amides is 2. The summed E-state index contributed by atoms with van der Waals surface area (Å²) in [6.45, 7) is 3.73. The topological polar surface area (TPSA) is 81.9 Å². The van der Waals surface area contributed by atoms with Crippen LogP contribution in [0.15, 0.2) is 48.5 Å². The molecular formula is C19H20N2O4. The number of nitrogens with zero attached hydrogens (tertiary/aromatic N) is 1. The molecule has 1 saturated heterocycles. The predicted molar refractivity (Wildman–Crippen MR) is 92.8 cm³/mol. The fraction of sp³-hybridized carbons (Fsp3) is 0.263. The zero-order valence-corrected chi connectivity index (χ0v) is 14.0. The van der Waals surface area contributed by atoms with Gasteiger partial charge in [-0.1, -0.05) is 0 Å². The van der Waals surface area contributed by atoms with E-state index in [0.717, 1.165) is 0 Å². The Balaban J connectivity index is 1.65. The number of nitrogens with two attached hydrogens (primary N) is 1. The summed E-state index contributed by atoms with van der Waals surface area (Å²) in [5.41, 5.74) is 6.25. The summed E-state index contributed by atoms with van der Waals surface area (Å²) in [6, 6.07) is 13.6. The third kappa shape index (κ3) is 4.16. The van der Waals surface area contributed by atoms with E-state index in [1.807, 2.05) is 6.92 Å². The molecule has 6 heteroatoms. The van der Waals surface area contributed by atoms with Crippen molar-refractivity contribution in [3.8, 4) is 11.5 Å². The van der Waals surface area contributed by atoms with Crippen molar-refractivity contribution in [3.63, 3.8) is 0 Å². The number of hydrogen-bond acceptors (Lipinski definition) is 4. The molecule has 2 aromatic rings. The van der Waals surface area contributed by atoms with Gasteiger partial charge in [-0.2, -0.15) is 0 Å². The Labute approximate surface area is 146 Å². The largest absolute Gasteiger partial charge is 0.457 e. The molecule has 1 heterocycles. The van der Waals surface area contributed by atoms with Crippen molar-refractivity contribution in [2.45, 2.75) is 13.0 Å². The summed E-state index contributed by atoms with van der Waals surface area (Å²) in [6.07, 6.45) is 0.0590. The van der Waals surface area contributed by atoms with Crippen LogP contribution in [-0.4, -0.2) is 42.5 Å². The minimum absolute atomic E-state index is 0.00693. The Morgan fingerprint density at radius 3 is 2.12 bits per heavy atom. The fourth-order valence-electron chi connectivity index (χ4n) is 2.67. The third-order valence-corrected chi connectivity index (χ3v) is 4.00. The van der Waals surface area contributed by atoms with E-state index in [1.54, 1.807) is 53.4 Å². The minimum Gasteiger partial charge on any atom is -0.457 e. The second kappa shape index (κ2) is 7.36. The lowest BCUT2D eigenvalue weighted by Gasteiger charge is -2.31. The number of primary amides is 1. The predicted octanol–water partition coefficient (Wildman–Crippen LogP) is 2.44. The molecule has 2 N–H and O–H groups in total. The molecule has 0 aromatic heterocycles. The van der Waals surface area contributed by atoms with Crippen LogP contribution in [0.4, 0.5) is 0 Å². The number of morpholine rings is 1. The van der Waals surface area contributed by atoms with E-state index in [2.05, 4.69) is 0 Å². The Kier molecular flexibility index (Phi) is 5.00. The zero-order valence-electron chi connectivity index (χ0n) is 14.0. The van der Waals surface area contributed by atoms with Crippen LogP contribution in [0.5, 0.6) is 11.5 Å². The molecule has 25 heavy (non-hydrogen) atoms. The van der Waals surface area contributed by atoms with E-state index >= 15 is 0 Å². The Bertz CT molecular complexity index is 756. The standard InChI is InChI=1S/C19H20N2O4/c1-13-12-21(10-11-24-13)19(23)15-4-8-17(9-5-15)25-16-6-2-14(3-7-16)18(20)22/h2-9,13H,10-12H2,1H3,(H2,20,22). The van der Waals surface area contributed by atoms with Gasteiger partial charge in [-0.25, -0.2) is 0 Å². The molecule has 6 nitrogen and oxygen atoms in total. The van der Waals surface area contributed by atoms with Gasteiger partial charge in [-0.05, 0) is 55.5 Å². The molecule has 2 aromatic carbocycles. The number of ether oxygens (including phenoxy) is 2. The molecule has 0 spiro atoms. The summed E-state index contributed by atoms with van der Waals surface area (Å²) in [7, 11) is 0. The number of hydrogen-bond donors (Lipinski definition) is 1. The second-order valence-corrected chi connectivity index (χ2v) is 5.95. The fourth-order valence-corrected chi connectivity index (χ4v) is 2.67. The quantitative estimate of drug-likeness (QED) is 0.927. The first kappa shape index (κ1) is 17.0. The van der Waals surface area contributed by atoms with Gasteiger partial charge < -0.3 is 20.1 Å². The van der Waals surface area contributed by atoms with E-state index in [0.29, 0.717) is 42.3 Å². The van der Waals surface area contributed by atoms with Crippen molar-refractivity contribution in [1.29, 1.82) is 0 Å². The normalized spacial score (nSPS) is 17.2. The van der Waals surface area contributed by atoms with Crippen LogP contribution in [0.3, 0.4) is 0 Å². The van der Waals surface area contributed by atoms with Crippen LogP contribution in [0.2, 0.25) is 0 Å². The average molecular weight is 340 g/mol. The molecule has 130 valence electrons. The van der Waals surface area contributed by atoms with E-state index in [9.17, 15) is 9.59 Å². The highest BCUT2D eigenvalue weighted by Gasteiger charge is 2.22. The lowest BCUT2D eigenvalue weighted by atomic mass is 10.1. The summed E-state index contributed by atoms with van der Waals surface area (Å²) in [5, 5.41) is 0. The second-order valence-electron chi connectivity index (χ2n) is 5.95. The van der Waals surface area contributed by atoms with Crippen molar-refractivity contribution in [1.82, 2.24) is 4.90 Å². The van der Waals surface area contributed by atoms with Crippen LogP contribution in [0.25, 0.3) is 0 Å². The highest BCUT2D eigenvalue weighted by molar-refractivity contribution is 5.94. The van der Waals surface area contributed by atoms with Gasteiger partial charge in [0.1, 0.15) is 11.5 Å². The van der Waals surface area contributed by atoms with Crippen molar-refractivity contribution in [2.24, 2.45) is 5.73 Å². The smallest absolute Gasteiger partial charge is 0.254 e. The van der Waals surface area contributed by atoms with E-state index in [1.165, 1.54) is 0 Å². The van der Waals surface area contributed by atoms with Crippen molar-refractivity contribution < 1.29 is 19.1 Å². The maximum Gasteiger partial charge on any atom is 0.254 e. The SMILES string of the molecule is CC1CN(C(=O)c2ccc(Oc3ccc(C(N)=O)cc3)cc2)CCO1. The maximum atomic E-state index is 12.5. The zero-order chi connectivity index (χ0) is 17.8. The molecule has 0 saturated carbocycles. The van der Waals surface area contributed by atoms with Crippen molar-refractivity contribution in [2.75, 3.05) is 19.7 Å². The highest BCUT2D eigenvalue weighted by atomic mass is 16.5. The summed E-state index contributed by atoms with van der Waals surface area (Å²) < 4.78 is 11.2. The van der Waals surface area contributed by atoms with E-state index in [4.69, 9.17) is 15.2 Å². The number of carbonyl (C=O) groups excluding carboxylic acids is 2. The van der Waals surface area contributed by atoms with E-state index in [-0.39, 0.29) is 12.0 Å². The minimum atomic E-state index is -0.480. The number of benzene rings is 2. The molecule has 2 amide bonds. The Hall–Kier alpha value is -2.86. The maximum absolute atomic E-state index is 12.5. The van der Waals surface area contributed by atoms with Gasteiger partial charge in [-0.15, -0.1) is 0 Å². The number of carbonyl (C=O) groups is 2. The first-order valence-corrected chi connectivity index (χ1v) is 8.11. The summed E-state index contributed by atoms with van der Waals surface area (Å²) >= 11 is 0. The monoisotopic (exact) mass is 340 g/mol. The summed E-state index contributed by atoms with van der Waals surface area (Å²) in [4.78, 5) is 25.4. The molecule has 1 fully saturated rings. The summed E-state index contributed by atoms with van der Waals surface area (Å²) in [5.74, 6) is 0.712. The molecule has 0 bridgehead atoms. The molecule has 1 aliphatic heterocycles. The van der Waals surface area contributed by atoms with Crippen LogP contribution in [-0.2, 0) is 4.74 Å². The van der Waals surface area contributed by atoms with Gasteiger partial charge in [0.2, 0.25) is 5.91 Å². The van der Waals surface area contributed by atoms with Gasteiger partial charge >= 0.3 is 0 Å². The van der Waals surface area contributed by atoms with Gasteiger partial charge in [0.25, 0.3) is 5.91 Å².